The van der Waals surface area contributed by atoms with E-state index in [0.717, 1.165) is 22.0 Å². The number of allylic oxidation sites excluding steroid dienone is 1. The fourth-order valence-corrected chi connectivity index (χ4v) is 5.52. The number of aromatic nitrogens is 1. The smallest absolute Gasteiger partial charge is 0.308 e. The zero-order chi connectivity index (χ0) is 31.1. The number of benzene rings is 2. The number of cyclic esters (lactones) is 1. The minimum Gasteiger partial charge on any atom is -0.507 e. The summed E-state index contributed by atoms with van der Waals surface area (Å²) < 4.78 is 5.87. The van der Waals surface area contributed by atoms with Crippen LogP contribution in [0.2, 0.25) is 0 Å². The second kappa shape index (κ2) is 14.4. The first-order valence-electron chi connectivity index (χ1n) is 14.2. The maximum Gasteiger partial charge on any atom is 0.308 e. The lowest BCUT2D eigenvalue weighted by atomic mass is 9.99. The average molecular weight is 654 g/mol. The molecular formula is C32H37BrN4O6. The molecule has 0 aliphatic carbocycles. The second-order valence-electron chi connectivity index (χ2n) is 10.9. The highest BCUT2D eigenvalue weighted by Crippen LogP contribution is 2.29. The Hall–Kier alpha value is -4.12. The monoisotopic (exact) mass is 652 g/mol. The number of esters is 1. The van der Waals surface area contributed by atoms with Gasteiger partial charge in [-0.15, -0.1) is 0 Å². The standard InChI is InChI=1S/C32H37BrN4O6/c1-19-7-6-14-43-30(40)17-26(21-11-12-28(38)24(33)15-21)36-31(41)27(16-22-18-34-25-9-5-4-8-23(22)25)37(3)32(42)20(2)35-29(39)13-10-19/h4-5,7-9,11-12,15,18,20,26-27,34,38H,6,10,13-14,16-17H2,1-3H3,(H,35,39)(H,36,41)/t20-,26+,27+/m0/s1. The predicted octanol–water partition coefficient (Wildman–Crippen LogP) is 4.43. The molecule has 4 rings (SSSR count). The van der Waals surface area contributed by atoms with Crippen molar-refractivity contribution in [2.45, 2.75) is 64.1 Å². The highest BCUT2D eigenvalue weighted by molar-refractivity contribution is 9.10. The van der Waals surface area contributed by atoms with Gasteiger partial charge in [-0.2, -0.15) is 0 Å². The van der Waals surface area contributed by atoms with Crippen LogP contribution >= 0.6 is 15.9 Å². The number of aromatic hydroxyl groups is 1. The van der Waals surface area contributed by atoms with Crippen molar-refractivity contribution in [2.24, 2.45) is 0 Å². The lowest BCUT2D eigenvalue weighted by Crippen LogP contribution is -2.54. The number of fused-ring (bicyclic) bond motifs is 1. The van der Waals surface area contributed by atoms with Gasteiger partial charge in [0.25, 0.3) is 0 Å². The number of nitrogens with zero attached hydrogens (tertiary/aromatic N) is 1. The van der Waals surface area contributed by atoms with E-state index in [9.17, 15) is 24.3 Å². The Morgan fingerprint density at radius 3 is 2.60 bits per heavy atom. The molecule has 2 aromatic carbocycles. The van der Waals surface area contributed by atoms with Crippen LogP contribution in [0.25, 0.3) is 10.9 Å². The summed E-state index contributed by atoms with van der Waals surface area (Å²) in [5, 5.41) is 16.7. The van der Waals surface area contributed by atoms with E-state index in [0.29, 0.717) is 22.9 Å². The Bertz CT molecular complexity index is 1530. The summed E-state index contributed by atoms with van der Waals surface area (Å²) in [6.45, 7) is 3.66. The molecule has 1 aromatic heterocycles. The van der Waals surface area contributed by atoms with Crippen LogP contribution in [0.5, 0.6) is 5.75 Å². The first kappa shape index (κ1) is 31.8. The number of H-pyrrole nitrogens is 1. The highest BCUT2D eigenvalue weighted by atomic mass is 79.9. The molecule has 3 aromatic rings. The van der Waals surface area contributed by atoms with Crippen molar-refractivity contribution in [3.8, 4) is 5.75 Å². The Morgan fingerprint density at radius 1 is 1.07 bits per heavy atom. The van der Waals surface area contributed by atoms with Crippen molar-refractivity contribution >= 4 is 50.5 Å². The third-order valence-corrected chi connectivity index (χ3v) is 8.27. The summed E-state index contributed by atoms with van der Waals surface area (Å²) in [4.78, 5) is 57.7. The number of hydrogen-bond acceptors (Lipinski definition) is 6. The molecule has 0 saturated carbocycles. The second-order valence-corrected chi connectivity index (χ2v) is 11.7. The van der Waals surface area contributed by atoms with E-state index in [2.05, 4.69) is 31.5 Å². The van der Waals surface area contributed by atoms with Gasteiger partial charge < -0.3 is 30.4 Å². The van der Waals surface area contributed by atoms with E-state index < -0.39 is 35.9 Å². The number of phenolic OH excluding ortho intramolecular Hbond substituents is 1. The summed E-state index contributed by atoms with van der Waals surface area (Å²) in [6, 6.07) is 9.75. The van der Waals surface area contributed by atoms with Crippen LogP contribution in [0.1, 0.15) is 56.7 Å². The molecule has 3 atom stereocenters. The maximum absolute atomic E-state index is 14.1. The molecule has 1 aliphatic heterocycles. The van der Waals surface area contributed by atoms with Gasteiger partial charge in [-0.1, -0.05) is 35.9 Å². The number of likely N-dealkylation sites (N-methyl/N-ethyl adjacent to an activating group) is 1. The predicted molar refractivity (Wildman–Crippen MR) is 166 cm³/mol. The molecule has 0 radical (unpaired) electrons. The molecule has 4 N–H and O–H groups in total. The van der Waals surface area contributed by atoms with Gasteiger partial charge in [-0.25, -0.2) is 0 Å². The SMILES string of the molecule is CC1=CCCOC(=O)C[C@H](c2ccc(O)c(Br)c2)NC(=O)[C@@H](Cc2c[nH]c3ccccc23)N(C)C(=O)[C@H](C)NC(=O)CC1. The van der Waals surface area contributed by atoms with Crippen LogP contribution in [0.15, 0.2) is 64.8 Å². The minimum absolute atomic E-state index is 0.0126. The van der Waals surface area contributed by atoms with Crippen LogP contribution in [-0.4, -0.2) is 64.4 Å². The number of ether oxygens (including phenoxy) is 1. The molecule has 2 heterocycles. The largest absolute Gasteiger partial charge is 0.507 e. The minimum atomic E-state index is -0.978. The number of carbonyl (C=O) groups excluding carboxylic acids is 4. The highest BCUT2D eigenvalue weighted by Gasteiger charge is 2.33. The van der Waals surface area contributed by atoms with Gasteiger partial charge in [0.15, 0.2) is 0 Å². The fraction of sp³-hybridized carbons (Fsp3) is 0.375. The molecule has 10 nitrogen and oxygen atoms in total. The number of hydrogen-bond donors (Lipinski definition) is 4. The molecule has 3 amide bonds. The zero-order valence-corrected chi connectivity index (χ0v) is 26.1. The summed E-state index contributed by atoms with van der Waals surface area (Å²) in [6.07, 6.45) is 4.93. The van der Waals surface area contributed by atoms with Crippen molar-refractivity contribution < 1.29 is 29.0 Å². The van der Waals surface area contributed by atoms with Gasteiger partial charge in [0.2, 0.25) is 17.7 Å². The van der Waals surface area contributed by atoms with Gasteiger partial charge in [0.05, 0.1) is 23.5 Å². The summed E-state index contributed by atoms with van der Waals surface area (Å²) in [5.74, 6) is -1.68. The Balaban J connectivity index is 1.70. The summed E-state index contributed by atoms with van der Waals surface area (Å²) in [5.41, 5.74) is 3.27. The zero-order valence-electron chi connectivity index (χ0n) is 24.5. The number of aromatic amines is 1. The summed E-state index contributed by atoms with van der Waals surface area (Å²) in [7, 11) is 1.54. The molecular weight excluding hydrogens is 616 g/mol. The first-order valence-corrected chi connectivity index (χ1v) is 15.0. The molecule has 0 unspecified atom stereocenters. The van der Waals surface area contributed by atoms with Gasteiger partial charge >= 0.3 is 5.97 Å². The van der Waals surface area contributed by atoms with Gasteiger partial charge in [-0.3, -0.25) is 19.2 Å². The third kappa shape index (κ3) is 8.25. The van der Waals surface area contributed by atoms with Crippen LogP contribution in [-0.2, 0) is 30.3 Å². The van der Waals surface area contributed by atoms with Crippen molar-refractivity contribution in [2.75, 3.05) is 13.7 Å². The van der Waals surface area contributed by atoms with E-state index in [1.807, 2.05) is 43.5 Å². The first-order chi connectivity index (χ1) is 20.5. The van der Waals surface area contributed by atoms with Crippen molar-refractivity contribution in [3.05, 3.63) is 75.9 Å². The number of para-hydroxylation sites is 1. The third-order valence-electron chi connectivity index (χ3n) is 7.64. The molecule has 228 valence electrons. The van der Waals surface area contributed by atoms with Crippen LogP contribution < -0.4 is 10.6 Å². The van der Waals surface area contributed by atoms with E-state index in [-0.39, 0.29) is 37.5 Å². The number of rotatable bonds is 3. The van der Waals surface area contributed by atoms with Gasteiger partial charge in [0, 0.05) is 37.0 Å². The molecule has 0 saturated heterocycles. The lowest BCUT2D eigenvalue weighted by Gasteiger charge is -2.31. The lowest BCUT2D eigenvalue weighted by molar-refractivity contribution is -0.145. The number of phenols is 1. The van der Waals surface area contributed by atoms with Crippen LogP contribution in [0.4, 0.5) is 0 Å². The van der Waals surface area contributed by atoms with Crippen molar-refractivity contribution in [1.29, 1.82) is 0 Å². The van der Waals surface area contributed by atoms with E-state index in [4.69, 9.17) is 4.74 Å². The molecule has 0 bridgehead atoms. The molecule has 0 fully saturated rings. The fourth-order valence-electron chi connectivity index (χ4n) is 5.13. The number of nitrogens with one attached hydrogen (secondary N) is 3. The van der Waals surface area contributed by atoms with Crippen LogP contribution in [0.3, 0.4) is 0 Å². The molecule has 0 spiro atoms. The molecule has 43 heavy (non-hydrogen) atoms. The van der Waals surface area contributed by atoms with Gasteiger partial charge in [-0.05, 0) is 71.9 Å². The Kier molecular flexibility index (Phi) is 10.6. The number of amides is 3. The average Bonchev–Trinajstić information content (AvgIpc) is 3.39. The Morgan fingerprint density at radius 2 is 1.84 bits per heavy atom. The van der Waals surface area contributed by atoms with Crippen molar-refractivity contribution in [1.82, 2.24) is 20.5 Å². The molecule has 1 aliphatic rings. The quantitative estimate of drug-likeness (QED) is 0.244. The van der Waals surface area contributed by atoms with E-state index in [1.165, 1.54) is 18.0 Å². The molecule has 11 heteroatoms. The van der Waals surface area contributed by atoms with Crippen molar-refractivity contribution in [3.63, 3.8) is 0 Å². The van der Waals surface area contributed by atoms with Gasteiger partial charge in [0.1, 0.15) is 17.8 Å². The normalized spacial score (nSPS) is 21.8. The van der Waals surface area contributed by atoms with Crippen LogP contribution in [0, 0.1) is 0 Å². The Labute approximate surface area is 259 Å². The number of halogens is 1. The van der Waals surface area contributed by atoms with E-state index >= 15 is 0 Å². The maximum atomic E-state index is 14.1. The number of carbonyl (C=O) groups is 4. The summed E-state index contributed by atoms with van der Waals surface area (Å²) >= 11 is 3.31. The topological polar surface area (TPSA) is 141 Å². The van der Waals surface area contributed by atoms with E-state index in [1.54, 1.807) is 19.1 Å².